The quantitative estimate of drug-likeness (QED) is 0.690. The Morgan fingerprint density at radius 3 is 2.17 bits per heavy atom. The molecule has 0 aliphatic carbocycles. The summed E-state index contributed by atoms with van der Waals surface area (Å²) in [7, 11) is 0. The van der Waals surface area contributed by atoms with Crippen LogP contribution in [0.4, 0.5) is 8.78 Å². The molecule has 1 aromatic rings. The van der Waals surface area contributed by atoms with Crippen molar-refractivity contribution in [3.05, 3.63) is 35.4 Å². The van der Waals surface area contributed by atoms with E-state index in [1.807, 2.05) is 6.92 Å². The van der Waals surface area contributed by atoms with Crippen molar-refractivity contribution in [1.29, 1.82) is 0 Å². The third kappa shape index (κ3) is 2.89. The van der Waals surface area contributed by atoms with Crippen LogP contribution in [0, 0.1) is 11.6 Å². The van der Waals surface area contributed by atoms with Crippen LogP contribution in [0.2, 0.25) is 0 Å². The van der Waals surface area contributed by atoms with Gasteiger partial charge in [0.1, 0.15) is 11.6 Å². The zero-order valence-electron chi connectivity index (χ0n) is 6.65. The van der Waals surface area contributed by atoms with Gasteiger partial charge in [-0.1, -0.05) is 22.9 Å². The topological polar surface area (TPSA) is 0 Å². The number of hydrogen-bond acceptors (Lipinski definition) is 0. The first-order chi connectivity index (χ1) is 5.58. The summed E-state index contributed by atoms with van der Waals surface area (Å²) in [6.45, 7) is 1.93. The molecule has 0 spiro atoms. The first kappa shape index (κ1) is 9.65. The zero-order chi connectivity index (χ0) is 9.14. The third-order valence-corrected chi connectivity index (χ3v) is 1.76. The van der Waals surface area contributed by atoms with Crippen LogP contribution in [0.25, 0.3) is 0 Å². The first-order valence-electron chi connectivity index (χ1n) is 3.67. The average molecular weight is 235 g/mol. The summed E-state index contributed by atoms with van der Waals surface area (Å²) in [5, 5.41) is 0. The minimum absolute atomic E-state index is 0.235. The lowest BCUT2D eigenvalue weighted by Gasteiger charge is -2.03. The Bertz CT molecular complexity index is 251. The lowest BCUT2D eigenvalue weighted by atomic mass is 10.1. The van der Waals surface area contributed by atoms with Gasteiger partial charge in [-0.05, 0) is 24.1 Å². The molecule has 0 saturated carbocycles. The van der Waals surface area contributed by atoms with Gasteiger partial charge < -0.3 is 0 Å². The Morgan fingerprint density at radius 1 is 1.25 bits per heavy atom. The molecule has 0 radical (unpaired) electrons. The molecule has 0 amide bonds. The molecule has 3 heteroatoms. The van der Waals surface area contributed by atoms with E-state index in [1.165, 1.54) is 12.1 Å². The fourth-order valence-electron chi connectivity index (χ4n) is 1.05. The second-order valence-corrected chi connectivity index (χ2v) is 4.33. The Kier molecular flexibility index (Phi) is 3.20. The van der Waals surface area contributed by atoms with Gasteiger partial charge in [-0.3, -0.25) is 0 Å². The van der Waals surface area contributed by atoms with Gasteiger partial charge in [0.15, 0.2) is 0 Å². The molecular formula is C9H9BrF2. The molecule has 0 aromatic heterocycles. The predicted molar refractivity (Wildman–Crippen MR) is 48.5 cm³/mol. The molecule has 0 fully saturated rings. The van der Waals surface area contributed by atoms with E-state index in [0.717, 1.165) is 6.07 Å². The number of hydrogen-bond donors (Lipinski definition) is 0. The lowest BCUT2D eigenvalue weighted by Crippen LogP contribution is -1.97. The van der Waals surface area contributed by atoms with Crippen molar-refractivity contribution >= 4 is 15.9 Å². The summed E-state index contributed by atoms with van der Waals surface area (Å²) in [6, 6.07) is 3.57. The van der Waals surface area contributed by atoms with Gasteiger partial charge in [0, 0.05) is 10.9 Å². The van der Waals surface area contributed by atoms with Gasteiger partial charge in [0.25, 0.3) is 0 Å². The van der Waals surface area contributed by atoms with E-state index in [9.17, 15) is 8.78 Å². The molecule has 66 valence electrons. The Morgan fingerprint density at radius 2 is 1.75 bits per heavy atom. The van der Waals surface area contributed by atoms with Gasteiger partial charge >= 0.3 is 0 Å². The summed E-state index contributed by atoms with van der Waals surface area (Å²) < 4.78 is 25.2. The lowest BCUT2D eigenvalue weighted by molar-refractivity contribution is 0.579. The normalized spacial score (nSPS) is 13.0. The van der Waals surface area contributed by atoms with Gasteiger partial charge in [0.05, 0.1) is 0 Å². The van der Waals surface area contributed by atoms with Gasteiger partial charge in [0.2, 0.25) is 0 Å². The molecule has 0 nitrogen and oxygen atoms in total. The van der Waals surface area contributed by atoms with E-state index < -0.39 is 11.6 Å². The molecule has 0 heterocycles. The van der Waals surface area contributed by atoms with Crippen LogP contribution < -0.4 is 0 Å². The Hall–Kier alpha value is -0.440. The second kappa shape index (κ2) is 3.99. The van der Waals surface area contributed by atoms with Crippen LogP contribution in [-0.2, 0) is 6.42 Å². The van der Waals surface area contributed by atoms with E-state index in [0.29, 0.717) is 12.0 Å². The van der Waals surface area contributed by atoms with E-state index in [-0.39, 0.29) is 4.83 Å². The Labute approximate surface area is 78.7 Å². The van der Waals surface area contributed by atoms with Gasteiger partial charge in [-0.25, -0.2) is 8.78 Å². The summed E-state index contributed by atoms with van der Waals surface area (Å²) in [4.78, 5) is 0.235. The van der Waals surface area contributed by atoms with Gasteiger partial charge in [-0.2, -0.15) is 0 Å². The molecule has 1 aromatic carbocycles. The van der Waals surface area contributed by atoms with Gasteiger partial charge in [-0.15, -0.1) is 0 Å². The van der Waals surface area contributed by atoms with Crippen molar-refractivity contribution in [2.45, 2.75) is 18.2 Å². The first-order valence-corrected chi connectivity index (χ1v) is 4.58. The standard InChI is InChI=1S/C9H9BrF2/c1-6(10)2-7-3-8(11)5-9(12)4-7/h3-6H,2H2,1H3. The molecule has 1 atom stereocenters. The summed E-state index contributed by atoms with van der Waals surface area (Å²) >= 11 is 3.32. The highest BCUT2D eigenvalue weighted by atomic mass is 79.9. The zero-order valence-corrected chi connectivity index (χ0v) is 8.24. The molecule has 0 aliphatic rings. The van der Waals surface area contributed by atoms with Crippen LogP contribution in [-0.4, -0.2) is 4.83 Å². The molecule has 0 aliphatic heterocycles. The minimum Gasteiger partial charge on any atom is -0.207 e. The molecule has 1 unspecified atom stereocenters. The molecule has 0 bridgehead atoms. The molecular weight excluding hydrogens is 226 g/mol. The van der Waals surface area contributed by atoms with Crippen LogP contribution in [0.3, 0.4) is 0 Å². The number of halogens is 3. The number of rotatable bonds is 2. The highest BCUT2D eigenvalue weighted by Crippen LogP contribution is 2.12. The van der Waals surface area contributed by atoms with E-state index >= 15 is 0 Å². The SMILES string of the molecule is CC(Br)Cc1cc(F)cc(F)c1. The number of alkyl halides is 1. The van der Waals surface area contributed by atoms with E-state index in [1.54, 1.807) is 0 Å². The monoisotopic (exact) mass is 234 g/mol. The molecule has 0 N–H and O–H groups in total. The second-order valence-electron chi connectivity index (χ2n) is 2.76. The number of benzene rings is 1. The fourth-order valence-corrected chi connectivity index (χ4v) is 1.43. The maximum atomic E-state index is 12.6. The molecule has 0 saturated heterocycles. The van der Waals surface area contributed by atoms with Crippen molar-refractivity contribution < 1.29 is 8.78 Å². The fraction of sp³-hybridized carbons (Fsp3) is 0.333. The highest BCUT2D eigenvalue weighted by molar-refractivity contribution is 9.09. The minimum atomic E-state index is -0.516. The van der Waals surface area contributed by atoms with Crippen LogP contribution in [0.15, 0.2) is 18.2 Å². The van der Waals surface area contributed by atoms with E-state index in [4.69, 9.17) is 0 Å². The van der Waals surface area contributed by atoms with Crippen molar-refractivity contribution in [3.63, 3.8) is 0 Å². The summed E-state index contributed by atoms with van der Waals surface area (Å²) in [5.41, 5.74) is 0.678. The van der Waals surface area contributed by atoms with Crippen molar-refractivity contribution in [2.24, 2.45) is 0 Å². The maximum absolute atomic E-state index is 12.6. The van der Waals surface area contributed by atoms with Crippen molar-refractivity contribution in [2.75, 3.05) is 0 Å². The van der Waals surface area contributed by atoms with Crippen LogP contribution in [0.1, 0.15) is 12.5 Å². The van der Waals surface area contributed by atoms with Crippen molar-refractivity contribution in [3.8, 4) is 0 Å². The largest absolute Gasteiger partial charge is 0.207 e. The Balaban J connectivity index is 2.85. The summed E-state index contributed by atoms with van der Waals surface area (Å²) in [6.07, 6.45) is 0.634. The molecule has 12 heavy (non-hydrogen) atoms. The third-order valence-electron chi connectivity index (χ3n) is 1.44. The maximum Gasteiger partial charge on any atom is 0.126 e. The van der Waals surface area contributed by atoms with Crippen LogP contribution >= 0.6 is 15.9 Å². The van der Waals surface area contributed by atoms with E-state index in [2.05, 4.69) is 15.9 Å². The smallest absolute Gasteiger partial charge is 0.126 e. The van der Waals surface area contributed by atoms with Crippen molar-refractivity contribution in [1.82, 2.24) is 0 Å². The highest BCUT2D eigenvalue weighted by Gasteiger charge is 2.02. The predicted octanol–water partition coefficient (Wildman–Crippen LogP) is 3.29. The summed E-state index contributed by atoms with van der Waals surface area (Å²) in [5.74, 6) is -1.03. The van der Waals surface area contributed by atoms with Crippen LogP contribution in [0.5, 0.6) is 0 Å². The average Bonchev–Trinajstić information content (AvgIpc) is 1.81. The molecule has 1 rings (SSSR count).